The van der Waals surface area contributed by atoms with Crippen molar-refractivity contribution in [1.29, 1.82) is 0 Å². The van der Waals surface area contributed by atoms with E-state index in [1.54, 1.807) is 4.90 Å². The van der Waals surface area contributed by atoms with Gasteiger partial charge in [0.15, 0.2) is 0 Å². The van der Waals surface area contributed by atoms with Gasteiger partial charge in [-0.25, -0.2) is 4.79 Å². The van der Waals surface area contributed by atoms with Crippen molar-refractivity contribution >= 4 is 29.0 Å². The normalized spacial score (nSPS) is 16.6. The van der Waals surface area contributed by atoms with Crippen molar-refractivity contribution in [3.63, 3.8) is 0 Å². The Labute approximate surface area is 121 Å². The van der Waals surface area contributed by atoms with E-state index >= 15 is 0 Å². The fourth-order valence-electron chi connectivity index (χ4n) is 1.98. The summed E-state index contributed by atoms with van der Waals surface area (Å²) in [6.45, 7) is 1.90. The molecule has 1 saturated heterocycles. The van der Waals surface area contributed by atoms with E-state index in [2.05, 4.69) is 26.4 Å². The molecule has 5 heteroatoms. The largest absolute Gasteiger partial charge is 0.445 e. The molecular formula is C13H17IN2O2. The quantitative estimate of drug-likeness (QED) is 0.666. The molecule has 0 spiro atoms. The molecule has 1 fully saturated rings. The molecule has 0 atom stereocenters. The molecule has 1 aliphatic rings. The fraction of sp³-hybridized carbons (Fsp3) is 0.462. The van der Waals surface area contributed by atoms with Crippen LogP contribution in [0.4, 0.5) is 4.79 Å². The summed E-state index contributed by atoms with van der Waals surface area (Å²) in [6.07, 6.45) is 1.78. The van der Waals surface area contributed by atoms with Crippen molar-refractivity contribution in [2.24, 2.45) is 0 Å². The van der Waals surface area contributed by atoms with Gasteiger partial charge in [-0.3, -0.25) is 3.53 Å². The molecule has 0 aromatic heterocycles. The van der Waals surface area contributed by atoms with Crippen LogP contribution in [0.2, 0.25) is 0 Å². The topological polar surface area (TPSA) is 41.6 Å². The van der Waals surface area contributed by atoms with Gasteiger partial charge in [-0.2, -0.15) is 0 Å². The molecule has 98 valence electrons. The van der Waals surface area contributed by atoms with E-state index in [9.17, 15) is 4.79 Å². The lowest BCUT2D eigenvalue weighted by molar-refractivity contribution is 0.0869. The average molecular weight is 360 g/mol. The van der Waals surface area contributed by atoms with Gasteiger partial charge in [0.2, 0.25) is 0 Å². The number of hydrogen-bond acceptors (Lipinski definition) is 3. The van der Waals surface area contributed by atoms with Gasteiger partial charge in [-0.05, 0) is 18.4 Å². The minimum Gasteiger partial charge on any atom is -0.445 e. The second kappa shape index (κ2) is 6.94. The van der Waals surface area contributed by atoms with E-state index in [1.165, 1.54) is 0 Å². The first-order chi connectivity index (χ1) is 8.79. The van der Waals surface area contributed by atoms with Crippen LogP contribution < -0.4 is 3.53 Å². The summed E-state index contributed by atoms with van der Waals surface area (Å²) in [5.74, 6) is 0. The highest BCUT2D eigenvalue weighted by atomic mass is 127. The molecular weight excluding hydrogens is 343 g/mol. The second-order valence-electron chi connectivity index (χ2n) is 4.41. The van der Waals surface area contributed by atoms with Gasteiger partial charge >= 0.3 is 6.09 Å². The van der Waals surface area contributed by atoms with Gasteiger partial charge in [-0.1, -0.05) is 30.3 Å². The Kier molecular flexibility index (Phi) is 5.25. The number of halogens is 1. The molecule has 0 unspecified atom stereocenters. The first kappa shape index (κ1) is 13.6. The highest BCUT2D eigenvalue weighted by Crippen LogP contribution is 2.13. The summed E-state index contributed by atoms with van der Waals surface area (Å²) in [5, 5.41) is 0. The number of carbonyl (C=O) groups is 1. The zero-order chi connectivity index (χ0) is 12.8. The summed E-state index contributed by atoms with van der Waals surface area (Å²) in [4.78, 5) is 13.6. The molecule has 1 aliphatic heterocycles. The van der Waals surface area contributed by atoms with Crippen LogP contribution in [0.1, 0.15) is 18.4 Å². The van der Waals surface area contributed by atoms with Crippen molar-refractivity contribution in [3.05, 3.63) is 35.9 Å². The highest BCUT2D eigenvalue weighted by molar-refractivity contribution is 14.1. The highest BCUT2D eigenvalue weighted by Gasteiger charge is 2.22. The van der Waals surface area contributed by atoms with Crippen LogP contribution in [0.25, 0.3) is 0 Å². The number of carbonyl (C=O) groups excluding carboxylic acids is 1. The Hall–Kier alpha value is -0.820. The van der Waals surface area contributed by atoms with Crippen molar-refractivity contribution in [1.82, 2.24) is 8.43 Å². The summed E-state index contributed by atoms with van der Waals surface area (Å²) < 4.78 is 8.51. The third-order valence-electron chi connectivity index (χ3n) is 3.11. The zero-order valence-electron chi connectivity index (χ0n) is 10.1. The predicted molar refractivity (Wildman–Crippen MR) is 78.4 cm³/mol. The van der Waals surface area contributed by atoms with E-state index < -0.39 is 0 Å². The maximum atomic E-state index is 11.8. The second-order valence-corrected chi connectivity index (χ2v) is 5.03. The summed E-state index contributed by atoms with van der Waals surface area (Å²) in [6, 6.07) is 10.3. The molecule has 1 aromatic carbocycles. The van der Waals surface area contributed by atoms with E-state index in [0.29, 0.717) is 12.6 Å². The maximum absolute atomic E-state index is 11.8. The van der Waals surface area contributed by atoms with Crippen LogP contribution in [0, 0.1) is 0 Å². The Morgan fingerprint density at radius 2 is 2.00 bits per heavy atom. The van der Waals surface area contributed by atoms with Crippen molar-refractivity contribution in [3.8, 4) is 0 Å². The molecule has 1 N–H and O–H groups in total. The molecule has 4 nitrogen and oxygen atoms in total. The first-order valence-electron chi connectivity index (χ1n) is 6.11. The minimum atomic E-state index is -0.203. The standard InChI is InChI=1S/C13H17IN2O2/c14-15-12-6-8-16(9-7-12)13(17)18-10-11-4-2-1-3-5-11/h1-5,12,15H,6-10H2. The number of rotatable bonds is 3. The van der Waals surface area contributed by atoms with E-state index in [1.807, 2.05) is 30.3 Å². The number of hydrogen-bond donors (Lipinski definition) is 1. The maximum Gasteiger partial charge on any atom is 0.410 e. The predicted octanol–water partition coefficient (Wildman–Crippen LogP) is 2.73. The van der Waals surface area contributed by atoms with Gasteiger partial charge in [0.05, 0.1) is 0 Å². The van der Waals surface area contributed by atoms with Crippen molar-refractivity contribution in [2.45, 2.75) is 25.5 Å². The number of nitrogens with zero attached hydrogens (tertiary/aromatic N) is 1. The molecule has 0 radical (unpaired) electrons. The molecule has 18 heavy (non-hydrogen) atoms. The summed E-state index contributed by atoms with van der Waals surface area (Å²) in [5.41, 5.74) is 1.02. The SMILES string of the molecule is O=C(OCc1ccccc1)N1CCC(NI)CC1. The van der Waals surface area contributed by atoms with E-state index in [0.717, 1.165) is 31.5 Å². The van der Waals surface area contributed by atoms with Crippen LogP contribution in [0.5, 0.6) is 0 Å². The van der Waals surface area contributed by atoms with Gasteiger partial charge < -0.3 is 9.64 Å². The Balaban J connectivity index is 1.75. The molecule has 0 saturated carbocycles. The molecule has 1 aromatic rings. The lowest BCUT2D eigenvalue weighted by Gasteiger charge is -2.30. The first-order valence-corrected chi connectivity index (χ1v) is 7.19. The van der Waals surface area contributed by atoms with Gasteiger partial charge in [-0.15, -0.1) is 0 Å². The molecule has 2 rings (SSSR count). The molecule has 1 heterocycles. The smallest absolute Gasteiger partial charge is 0.410 e. The van der Waals surface area contributed by atoms with Crippen LogP contribution >= 0.6 is 22.9 Å². The van der Waals surface area contributed by atoms with E-state index in [4.69, 9.17) is 4.74 Å². The molecule has 1 amide bonds. The zero-order valence-corrected chi connectivity index (χ0v) is 12.3. The third kappa shape index (κ3) is 3.84. The minimum absolute atomic E-state index is 0.203. The van der Waals surface area contributed by atoms with E-state index in [-0.39, 0.29) is 6.09 Å². The number of piperidine rings is 1. The molecule has 0 bridgehead atoms. The van der Waals surface area contributed by atoms with Gasteiger partial charge in [0.1, 0.15) is 6.61 Å². The van der Waals surface area contributed by atoms with Crippen LogP contribution in [0.3, 0.4) is 0 Å². The van der Waals surface area contributed by atoms with Crippen LogP contribution in [-0.4, -0.2) is 30.1 Å². The van der Waals surface area contributed by atoms with Gasteiger partial charge in [0, 0.05) is 42.0 Å². The Morgan fingerprint density at radius 1 is 1.33 bits per heavy atom. The summed E-state index contributed by atoms with van der Waals surface area (Å²) >= 11 is 2.17. The fourth-order valence-corrected chi connectivity index (χ4v) is 2.60. The lowest BCUT2D eigenvalue weighted by atomic mass is 10.1. The number of amides is 1. The van der Waals surface area contributed by atoms with Crippen LogP contribution in [0.15, 0.2) is 30.3 Å². The van der Waals surface area contributed by atoms with Crippen molar-refractivity contribution < 1.29 is 9.53 Å². The third-order valence-corrected chi connectivity index (χ3v) is 3.99. The van der Waals surface area contributed by atoms with Crippen LogP contribution in [-0.2, 0) is 11.3 Å². The van der Waals surface area contributed by atoms with Gasteiger partial charge in [0.25, 0.3) is 0 Å². The average Bonchev–Trinajstić information content (AvgIpc) is 2.46. The number of nitrogens with one attached hydrogen (secondary N) is 1. The van der Waals surface area contributed by atoms with Crippen molar-refractivity contribution in [2.75, 3.05) is 13.1 Å². The number of benzene rings is 1. The number of likely N-dealkylation sites (tertiary alicyclic amines) is 1. The Morgan fingerprint density at radius 3 is 2.61 bits per heavy atom. The summed E-state index contributed by atoms with van der Waals surface area (Å²) in [7, 11) is 0. The Bertz CT molecular complexity index is 378. The molecule has 0 aliphatic carbocycles. The lowest BCUT2D eigenvalue weighted by Crippen LogP contribution is -2.42. The monoisotopic (exact) mass is 360 g/mol. The number of ether oxygens (including phenoxy) is 1.